The van der Waals surface area contributed by atoms with E-state index < -0.39 is 17.7 Å². The molecule has 2 N–H and O–H groups in total. The number of anilines is 1. The van der Waals surface area contributed by atoms with Crippen molar-refractivity contribution in [3.05, 3.63) is 59.2 Å². The van der Waals surface area contributed by atoms with Gasteiger partial charge in [0.25, 0.3) is 12.3 Å². The molecular weight excluding hydrogens is 442 g/mol. The van der Waals surface area contributed by atoms with E-state index in [1.165, 1.54) is 18.2 Å². The molecule has 1 unspecified atom stereocenters. The first-order valence-electron chi connectivity index (χ1n) is 11.2. The van der Waals surface area contributed by atoms with Crippen molar-refractivity contribution in [2.75, 3.05) is 25.5 Å². The Hall–Kier alpha value is -3.33. The Bertz CT molecular complexity index is 1240. The van der Waals surface area contributed by atoms with Crippen LogP contribution in [0.25, 0.3) is 11.0 Å². The van der Waals surface area contributed by atoms with Crippen LogP contribution in [-0.2, 0) is 11.3 Å². The fraction of sp³-hybridized carbons (Fsp3) is 0.400. The molecule has 0 spiro atoms. The molecule has 1 atom stereocenters. The topological polar surface area (TPSA) is 87.5 Å². The molecule has 1 saturated heterocycles. The quantitative estimate of drug-likeness (QED) is 0.542. The van der Waals surface area contributed by atoms with Crippen LogP contribution in [0, 0.1) is 5.41 Å². The third-order valence-corrected chi connectivity index (χ3v) is 6.57. The Balaban J connectivity index is 1.69. The normalized spacial score (nSPS) is 17.7. The number of aryl methyl sites for hydroxylation is 1. The number of nitrogens with zero attached hydrogens (tertiary/aromatic N) is 3. The number of benzene rings is 2. The van der Waals surface area contributed by atoms with E-state index in [4.69, 9.17) is 0 Å². The molecule has 2 heterocycles. The molecule has 4 rings (SSSR count). The van der Waals surface area contributed by atoms with Gasteiger partial charge in [0, 0.05) is 43.8 Å². The van der Waals surface area contributed by atoms with Crippen molar-refractivity contribution < 1.29 is 23.5 Å². The van der Waals surface area contributed by atoms with Crippen molar-refractivity contribution in [3.8, 4) is 0 Å². The summed E-state index contributed by atoms with van der Waals surface area (Å²) in [7, 11) is 1.79. The summed E-state index contributed by atoms with van der Waals surface area (Å²) in [5, 5.41) is 12.1. The number of hydrogen-bond acceptors (Lipinski definition) is 4. The van der Waals surface area contributed by atoms with E-state index in [9.17, 15) is 23.5 Å². The number of likely N-dealkylation sites (tertiary alicyclic amines) is 1. The average molecular weight is 471 g/mol. The molecule has 1 fully saturated rings. The molecule has 0 saturated carbocycles. The molecule has 0 aliphatic carbocycles. The molecule has 0 radical (unpaired) electrons. The molecular formula is C25H28F2N4O3. The van der Waals surface area contributed by atoms with Crippen molar-refractivity contribution >= 4 is 28.8 Å². The predicted molar refractivity (Wildman–Crippen MR) is 125 cm³/mol. The van der Waals surface area contributed by atoms with Gasteiger partial charge >= 0.3 is 0 Å². The summed E-state index contributed by atoms with van der Waals surface area (Å²) < 4.78 is 27.9. The van der Waals surface area contributed by atoms with Crippen molar-refractivity contribution in [1.29, 1.82) is 0 Å². The molecule has 2 amide bonds. The molecule has 9 heteroatoms. The zero-order valence-electron chi connectivity index (χ0n) is 19.4. The van der Waals surface area contributed by atoms with E-state index >= 15 is 0 Å². The highest BCUT2D eigenvalue weighted by Crippen LogP contribution is 2.43. The second kappa shape index (κ2) is 9.13. The second-order valence-electron chi connectivity index (χ2n) is 9.25. The molecule has 3 aromatic rings. The lowest BCUT2D eigenvalue weighted by Gasteiger charge is -2.23. The number of halogens is 2. The molecule has 1 aromatic heterocycles. The highest BCUT2D eigenvalue weighted by Gasteiger charge is 2.46. The van der Waals surface area contributed by atoms with Gasteiger partial charge in [-0.3, -0.25) is 14.9 Å². The summed E-state index contributed by atoms with van der Waals surface area (Å²) in [6.45, 7) is 4.85. The largest absolute Gasteiger partial charge is 0.396 e. The van der Waals surface area contributed by atoms with Crippen molar-refractivity contribution in [2.24, 2.45) is 5.41 Å². The van der Waals surface area contributed by atoms with Crippen LogP contribution in [0.15, 0.2) is 42.5 Å². The number of hydrogen-bond donors (Lipinski definition) is 2. The first-order valence-corrected chi connectivity index (χ1v) is 11.2. The van der Waals surface area contributed by atoms with Gasteiger partial charge in [-0.1, -0.05) is 32.0 Å². The summed E-state index contributed by atoms with van der Waals surface area (Å²) in [6, 6.07) is 11.1. The van der Waals surface area contributed by atoms with Gasteiger partial charge < -0.3 is 14.6 Å². The summed E-state index contributed by atoms with van der Waals surface area (Å²) >= 11 is 0. The number of aliphatic hydroxyl groups is 1. The van der Waals surface area contributed by atoms with E-state index in [-0.39, 0.29) is 35.5 Å². The van der Waals surface area contributed by atoms with Gasteiger partial charge in [-0.15, -0.1) is 0 Å². The Morgan fingerprint density at radius 2 is 2.03 bits per heavy atom. The van der Waals surface area contributed by atoms with Gasteiger partial charge in [0.05, 0.1) is 16.4 Å². The number of aromatic nitrogens is 2. The SMILES string of the molecule is CN1CC(c2ccc3c(c2)nc(NC(=O)c2cccc(C(F)F)c2)n3CCCO)C(C)(C)C1=O. The monoisotopic (exact) mass is 470 g/mol. The fourth-order valence-electron chi connectivity index (χ4n) is 4.65. The summed E-state index contributed by atoms with van der Waals surface area (Å²) in [5.74, 6) is -0.198. The maximum atomic E-state index is 13.1. The van der Waals surface area contributed by atoms with Crippen molar-refractivity contribution in [1.82, 2.24) is 14.5 Å². The number of fused-ring (bicyclic) bond motifs is 1. The highest BCUT2D eigenvalue weighted by atomic mass is 19.3. The number of amides is 2. The smallest absolute Gasteiger partial charge is 0.263 e. The molecule has 1 aliphatic rings. The average Bonchev–Trinajstić information content (AvgIpc) is 3.25. The Morgan fingerprint density at radius 3 is 2.68 bits per heavy atom. The minimum atomic E-state index is -2.67. The van der Waals surface area contributed by atoms with Crippen LogP contribution < -0.4 is 5.32 Å². The Morgan fingerprint density at radius 1 is 1.26 bits per heavy atom. The highest BCUT2D eigenvalue weighted by molar-refractivity contribution is 6.04. The summed E-state index contributed by atoms with van der Waals surface area (Å²) in [5.41, 5.74) is 1.71. The van der Waals surface area contributed by atoms with Crippen LogP contribution in [0.1, 0.15) is 54.1 Å². The Labute approximate surface area is 196 Å². The maximum absolute atomic E-state index is 13.1. The number of imidazole rings is 1. The maximum Gasteiger partial charge on any atom is 0.263 e. The number of likely N-dealkylation sites (N-methyl/N-ethyl adjacent to an activating group) is 1. The van der Waals surface area contributed by atoms with Gasteiger partial charge in [-0.25, -0.2) is 13.8 Å². The lowest BCUT2D eigenvalue weighted by atomic mass is 9.77. The minimum absolute atomic E-state index is 0.00730. The minimum Gasteiger partial charge on any atom is -0.396 e. The van der Waals surface area contributed by atoms with E-state index in [0.717, 1.165) is 17.1 Å². The Kier molecular flexibility index (Phi) is 6.40. The summed E-state index contributed by atoms with van der Waals surface area (Å²) in [4.78, 5) is 31.7. The first kappa shape index (κ1) is 23.8. The first-order chi connectivity index (χ1) is 16.1. The predicted octanol–water partition coefficient (Wildman–Crippen LogP) is 4.19. The van der Waals surface area contributed by atoms with Crippen molar-refractivity contribution in [2.45, 2.75) is 39.2 Å². The van der Waals surface area contributed by atoms with Crippen LogP contribution in [0.3, 0.4) is 0 Å². The molecule has 2 aromatic carbocycles. The number of rotatable bonds is 7. The number of nitrogens with one attached hydrogen (secondary N) is 1. The number of carbonyl (C=O) groups is 2. The molecule has 1 aliphatic heterocycles. The summed E-state index contributed by atoms with van der Waals surface area (Å²) in [6.07, 6.45) is -2.22. The fourth-order valence-corrected chi connectivity index (χ4v) is 4.65. The van der Waals surface area contributed by atoms with Crippen LogP contribution in [0.2, 0.25) is 0 Å². The van der Waals surface area contributed by atoms with Crippen LogP contribution in [-0.4, -0.2) is 51.6 Å². The van der Waals surface area contributed by atoms with Gasteiger partial charge in [0.1, 0.15) is 0 Å². The zero-order chi connectivity index (χ0) is 24.6. The zero-order valence-corrected chi connectivity index (χ0v) is 19.4. The van der Waals surface area contributed by atoms with Gasteiger partial charge in [-0.05, 0) is 36.2 Å². The lowest BCUT2D eigenvalue weighted by molar-refractivity contribution is -0.133. The number of carbonyl (C=O) groups excluding carboxylic acids is 2. The van der Waals surface area contributed by atoms with E-state index in [1.54, 1.807) is 16.5 Å². The molecule has 0 bridgehead atoms. The van der Waals surface area contributed by atoms with Crippen LogP contribution in [0.4, 0.5) is 14.7 Å². The number of alkyl halides is 2. The van der Waals surface area contributed by atoms with Gasteiger partial charge in [0.15, 0.2) is 0 Å². The van der Waals surface area contributed by atoms with Crippen molar-refractivity contribution in [3.63, 3.8) is 0 Å². The molecule has 34 heavy (non-hydrogen) atoms. The standard InChI is InChI=1S/C25H28F2N4O3/c1-25(2)18(14-30(3)23(25)34)15-8-9-20-19(13-15)28-24(31(20)10-5-11-32)29-22(33)17-7-4-6-16(12-17)21(26)27/h4,6-9,12-13,18,21,32H,5,10-11,14H2,1-3H3,(H,28,29,33). The van der Waals surface area contributed by atoms with E-state index in [0.29, 0.717) is 25.0 Å². The number of aliphatic hydroxyl groups excluding tert-OH is 1. The van der Waals surface area contributed by atoms with Crippen LogP contribution >= 0.6 is 0 Å². The third kappa shape index (κ3) is 4.27. The van der Waals surface area contributed by atoms with E-state index in [1.807, 2.05) is 32.0 Å². The van der Waals surface area contributed by atoms with Gasteiger partial charge in [0.2, 0.25) is 11.9 Å². The lowest BCUT2D eigenvalue weighted by Crippen LogP contribution is -2.28. The van der Waals surface area contributed by atoms with E-state index in [2.05, 4.69) is 10.3 Å². The third-order valence-electron chi connectivity index (χ3n) is 6.57. The van der Waals surface area contributed by atoms with Gasteiger partial charge in [-0.2, -0.15) is 0 Å². The molecule has 180 valence electrons. The molecule has 7 nitrogen and oxygen atoms in total. The van der Waals surface area contributed by atoms with Crippen LogP contribution in [0.5, 0.6) is 0 Å². The second-order valence-corrected chi connectivity index (χ2v) is 9.25.